The number of ether oxygens (including phenoxy) is 2. The molecular weight excluding hydrogens is 282 g/mol. The second kappa shape index (κ2) is 9.92. The third kappa shape index (κ3) is 6.42. The maximum Gasteiger partial charge on any atom is 0.0900 e. The van der Waals surface area contributed by atoms with E-state index in [9.17, 15) is 10.2 Å². The van der Waals surface area contributed by atoms with Gasteiger partial charge in [0.05, 0.1) is 32.0 Å². The van der Waals surface area contributed by atoms with Gasteiger partial charge in [-0.15, -0.1) is 0 Å². The van der Waals surface area contributed by atoms with Gasteiger partial charge in [0.25, 0.3) is 0 Å². The zero-order valence-electron chi connectivity index (χ0n) is 13.1. The number of aliphatic hydroxyl groups is 2. The van der Waals surface area contributed by atoms with Crippen molar-refractivity contribution in [2.45, 2.75) is 31.6 Å². The summed E-state index contributed by atoms with van der Waals surface area (Å²) in [7, 11) is 0. The van der Waals surface area contributed by atoms with Crippen LogP contribution in [0.25, 0.3) is 0 Å². The summed E-state index contributed by atoms with van der Waals surface area (Å²) in [5.41, 5.74) is 1.17. The maximum absolute atomic E-state index is 10.1. The van der Waals surface area contributed by atoms with Crippen molar-refractivity contribution in [1.82, 2.24) is 4.90 Å². The van der Waals surface area contributed by atoms with Gasteiger partial charge in [0, 0.05) is 26.2 Å². The van der Waals surface area contributed by atoms with Crippen molar-refractivity contribution >= 4 is 0 Å². The van der Waals surface area contributed by atoms with Crippen LogP contribution in [0.2, 0.25) is 0 Å². The van der Waals surface area contributed by atoms with Gasteiger partial charge in [-0.1, -0.05) is 30.3 Å². The molecule has 1 fully saturated rings. The van der Waals surface area contributed by atoms with Crippen molar-refractivity contribution in [2.24, 2.45) is 0 Å². The summed E-state index contributed by atoms with van der Waals surface area (Å²) in [6, 6.07) is 10.1. The average molecular weight is 309 g/mol. The number of hydrogen-bond acceptors (Lipinski definition) is 5. The van der Waals surface area contributed by atoms with Crippen molar-refractivity contribution in [3.63, 3.8) is 0 Å². The highest BCUT2D eigenvalue weighted by Gasteiger charge is 2.17. The van der Waals surface area contributed by atoms with E-state index in [4.69, 9.17) is 9.47 Å². The highest BCUT2D eigenvalue weighted by molar-refractivity contribution is 5.14. The summed E-state index contributed by atoms with van der Waals surface area (Å²) in [4.78, 5) is 2.04. The van der Waals surface area contributed by atoms with Crippen LogP contribution < -0.4 is 0 Å². The van der Waals surface area contributed by atoms with Gasteiger partial charge in [0.2, 0.25) is 0 Å². The van der Waals surface area contributed by atoms with Gasteiger partial charge in [-0.2, -0.15) is 0 Å². The predicted molar refractivity (Wildman–Crippen MR) is 84.6 cm³/mol. The summed E-state index contributed by atoms with van der Waals surface area (Å²) in [6.45, 7) is 3.49. The number of nitrogens with zero attached hydrogens (tertiary/aromatic N) is 1. The van der Waals surface area contributed by atoms with E-state index in [1.807, 2.05) is 35.2 Å². The minimum absolute atomic E-state index is 0.0797. The Hall–Kier alpha value is -0.980. The molecule has 1 heterocycles. The SMILES string of the molecule is OCCN(Cc1ccccc1)CC(O)COCC1CCCO1. The molecule has 5 nitrogen and oxygen atoms in total. The second-order valence-electron chi connectivity index (χ2n) is 5.77. The Labute approximate surface area is 132 Å². The molecular formula is C17H27NO4. The molecule has 0 aliphatic carbocycles. The van der Waals surface area contributed by atoms with E-state index >= 15 is 0 Å². The van der Waals surface area contributed by atoms with Crippen LogP contribution in [0.4, 0.5) is 0 Å². The van der Waals surface area contributed by atoms with E-state index in [-0.39, 0.29) is 12.7 Å². The van der Waals surface area contributed by atoms with Crippen LogP contribution in [0.15, 0.2) is 30.3 Å². The fourth-order valence-electron chi connectivity index (χ4n) is 2.68. The average Bonchev–Trinajstić information content (AvgIpc) is 3.02. The molecule has 1 aromatic rings. The standard InChI is InChI=1S/C17H27NO4/c19-9-8-18(11-15-5-2-1-3-6-15)12-16(20)13-21-14-17-7-4-10-22-17/h1-3,5-6,16-17,19-20H,4,7-14H2. The lowest BCUT2D eigenvalue weighted by Crippen LogP contribution is -2.36. The molecule has 124 valence electrons. The minimum Gasteiger partial charge on any atom is -0.395 e. The van der Waals surface area contributed by atoms with Gasteiger partial charge in [-0.25, -0.2) is 0 Å². The van der Waals surface area contributed by atoms with Crippen molar-refractivity contribution in [1.29, 1.82) is 0 Å². The van der Waals surface area contributed by atoms with Gasteiger partial charge in [-0.05, 0) is 18.4 Å². The molecule has 2 rings (SSSR count). The van der Waals surface area contributed by atoms with Crippen LogP contribution in [0.1, 0.15) is 18.4 Å². The Morgan fingerprint density at radius 1 is 1.32 bits per heavy atom. The lowest BCUT2D eigenvalue weighted by Gasteiger charge is -2.24. The van der Waals surface area contributed by atoms with Gasteiger partial charge >= 0.3 is 0 Å². The van der Waals surface area contributed by atoms with E-state index in [0.29, 0.717) is 32.8 Å². The molecule has 2 N–H and O–H groups in total. The van der Waals surface area contributed by atoms with E-state index < -0.39 is 6.10 Å². The molecule has 2 atom stereocenters. The predicted octanol–water partition coefficient (Wildman–Crippen LogP) is 1.04. The second-order valence-corrected chi connectivity index (χ2v) is 5.77. The van der Waals surface area contributed by atoms with Crippen LogP contribution in [-0.4, -0.2) is 66.8 Å². The Bertz CT molecular complexity index is 395. The first-order chi connectivity index (χ1) is 10.8. The molecule has 1 aliphatic heterocycles. The van der Waals surface area contributed by atoms with E-state index in [1.54, 1.807) is 0 Å². The smallest absolute Gasteiger partial charge is 0.0900 e. The number of hydrogen-bond donors (Lipinski definition) is 2. The highest BCUT2D eigenvalue weighted by Crippen LogP contribution is 2.12. The monoisotopic (exact) mass is 309 g/mol. The first kappa shape index (κ1) is 17.4. The van der Waals surface area contributed by atoms with Gasteiger partial charge in [-0.3, -0.25) is 4.90 Å². The number of aliphatic hydroxyl groups excluding tert-OH is 2. The Morgan fingerprint density at radius 3 is 2.82 bits per heavy atom. The third-order valence-electron chi connectivity index (χ3n) is 3.77. The topological polar surface area (TPSA) is 62.2 Å². The van der Waals surface area contributed by atoms with E-state index in [2.05, 4.69) is 0 Å². The zero-order valence-corrected chi connectivity index (χ0v) is 13.1. The van der Waals surface area contributed by atoms with Crippen molar-refractivity contribution < 1.29 is 19.7 Å². The van der Waals surface area contributed by atoms with Crippen molar-refractivity contribution in [2.75, 3.05) is 39.5 Å². The molecule has 0 amide bonds. The fraction of sp³-hybridized carbons (Fsp3) is 0.647. The molecule has 0 saturated carbocycles. The molecule has 1 aromatic carbocycles. The summed E-state index contributed by atoms with van der Waals surface area (Å²) < 4.78 is 11.0. The zero-order chi connectivity index (χ0) is 15.6. The van der Waals surface area contributed by atoms with Gasteiger partial charge < -0.3 is 19.7 Å². The first-order valence-corrected chi connectivity index (χ1v) is 8.02. The summed E-state index contributed by atoms with van der Waals surface area (Å²) in [5.74, 6) is 0. The molecule has 1 saturated heterocycles. The molecule has 2 unspecified atom stereocenters. The Kier molecular flexibility index (Phi) is 7.83. The largest absolute Gasteiger partial charge is 0.395 e. The van der Waals surface area contributed by atoms with E-state index in [0.717, 1.165) is 19.4 Å². The molecule has 22 heavy (non-hydrogen) atoms. The van der Waals surface area contributed by atoms with Crippen LogP contribution >= 0.6 is 0 Å². The number of benzene rings is 1. The van der Waals surface area contributed by atoms with Crippen LogP contribution in [-0.2, 0) is 16.0 Å². The van der Waals surface area contributed by atoms with Crippen LogP contribution in [0, 0.1) is 0 Å². The summed E-state index contributed by atoms with van der Waals surface area (Å²) in [6.07, 6.45) is 1.76. The van der Waals surface area contributed by atoms with Gasteiger partial charge in [0.1, 0.15) is 0 Å². The first-order valence-electron chi connectivity index (χ1n) is 8.02. The van der Waals surface area contributed by atoms with E-state index in [1.165, 1.54) is 5.56 Å². The Morgan fingerprint density at radius 2 is 2.14 bits per heavy atom. The normalized spacial score (nSPS) is 19.7. The molecule has 0 bridgehead atoms. The quantitative estimate of drug-likeness (QED) is 0.676. The lowest BCUT2D eigenvalue weighted by molar-refractivity contribution is -0.0267. The molecule has 0 radical (unpaired) electrons. The maximum atomic E-state index is 10.1. The van der Waals surface area contributed by atoms with Crippen molar-refractivity contribution in [3.05, 3.63) is 35.9 Å². The molecule has 1 aliphatic rings. The van der Waals surface area contributed by atoms with Crippen molar-refractivity contribution in [3.8, 4) is 0 Å². The number of rotatable bonds is 10. The molecule has 5 heteroatoms. The summed E-state index contributed by atoms with van der Waals surface area (Å²) >= 11 is 0. The minimum atomic E-state index is -0.559. The fourth-order valence-corrected chi connectivity index (χ4v) is 2.68. The van der Waals surface area contributed by atoms with Crippen LogP contribution in [0.5, 0.6) is 0 Å². The third-order valence-corrected chi connectivity index (χ3v) is 3.77. The lowest BCUT2D eigenvalue weighted by atomic mass is 10.2. The van der Waals surface area contributed by atoms with Gasteiger partial charge in [0.15, 0.2) is 0 Å². The van der Waals surface area contributed by atoms with Crippen LogP contribution in [0.3, 0.4) is 0 Å². The summed E-state index contributed by atoms with van der Waals surface area (Å²) in [5, 5.41) is 19.3. The highest BCUT2D eigenvalue weighted by atomic mass is 16.5. The molecule has 0 aromatic heterocycles. The molecule has 0 spiro atoms. The Balaban J connectivity index is 1.69.